The molecule has 2 N–H and O–H groups in total. The van der Waals surface area contributed by atoms with Crippen LogP contribution in [0.2, 0.25) is 0 Å². The maximum Gasteiger partial charge on any atom is 0.416 e. The van der Waals surface area contributed by atoms with E-state index in [0.717, 1.165) is 25.0 Å². The van der Waals surface area contributed by atoms with Crippen molar-refractivity contribution < 1.29 is 18.0 Å². The molecule has 0 spiro atoms. The highest BCUT2D eigenvalue weighted by Crippen LogP contribution is 2.30. The van der Waals surface area contributed by atoms with Crippen molar-refractivity contribution in [2.45, 2.75) is 25.1 Å². The van der Waals surface area contributed by atoms with Gasteiger partial charge in [-0.25, -0.2) is 0 Å². The lowest BCUT2D eigenvalue weighted by Gasteiger charge is -2.35. The van der Waals surface area contributed by atoms with E-state index in [2.05, 4.69) is 0 Å². The van der Waals surface area contributed by atoms with Crippen molar-refractivity contribution in [1.82, 2.24) is 4.90 Å². The maximum absolute atomic E-state index is 12.6. The summed E-state index contributed by atoms with van der Waals surface area (Å²) in [6.45, 7) is 0.531. The van der Waals surface area contributed by atoms with E-state index in [4.69, 9.17) is 5.73 Å². The molecule has 1 amide bonds. The summed E-state index contributed by atoms with van der Waals surface area (Å²) in [5.74, 6) is -0.0404. The zero-order valence-corrected chi connectivity index (χ0v) is 11.2. The fraction of sp³-hybridized carbons (Fsp3) is 0.500. The fourth-order valence-corrected chi connectivity index (χ4v) is 2.46. The van der Waals surface area contributed by atoms with Crippen LogP contribution in [-0.4, -0.2) is 30.4 Å². The van der Waals surface area contributed by atoms with Gasteiger partial charge < -0.3 is 10.6 Å². The van der Waals surface area contributed by atoms with Crippen LogP contribution in [0.15, 0.2) is 24.3 Å². The Labute approximate surface area is 115 Å². The second-order valence-corrected chi connectivity index (χ2v) is 5.36. The summed E-state index contributed by atoms with van der Waals surface area (Å²) in [6.07, 6.45) is -2.71. The first-order chi connectivity index (χ1) is 9.27. The van der Waals surface area contributed by atoms with E-state index in [-0.39, 0.29) is 11.6 Å². The third-order valence-electron chi connectivity index (χ3n) is 3.59. The normalized spacial score (nSPS) is 22.2. The van der Waals surface area contributed by atoms with Crippen molar-refractivity contribution in [3.8, 4) is 0 Å². The van der Waals surface area contributed by atoms with Gasteiger partial charge in [0.2, 0.25) is 0 Å². The van der Waals surface area contributed by atoms with Crippen LogP contribution in [0.3, 0.4) is 0 Å². The molecule has 1 aromatic rings. The molecule has 3 nitrogen and oxygen atoms in total. The summed E-state index contributed by atoms with van der Waals surface area (Å²) >= 11 is 0. The number of nitrogens with zero attached hydrogens (tertiary/aromatic N) is 1. The zero-order valence-electron chi connectivity index (χ0n) is 11.2. The summed E-state index contributed by atoms with van der Waals surface area (Å²) in [6, 6.07) is 4.70. The predicted molar refractivity (Wildman–Crippen MR) is 69.1 cm³/mol. The highest BCUT2D eigenvalue weighted by atomic mass is 19.4. The minimum atomic E-state index is -4.43. The Morgan fingerprint density at radius 1 is 1.40 bits per heavy atom. The molecule has 1 aliphatic carbocycles. The van der Waals surface area contributed by atoms with E-state index >= 15 is 0 Å². The summed E-state index contributed by atoms with van der Waals surface area (Å²) in [5.41, 5.74) is 4.93. The van der Waals surface area contributed by atoms with Gasteiger partial charge in [0, 0.05) is 25.2 Å². The largest absolute Gasteiger partial charge is 0.416 e. The van der Waals surface area contributed by atoms with E-state index in [9.17, 15) is 18.0 Å². The lowest BCUT2D eigenvalue weighted by molar-refractivity contribution is -0.137. The molecular formula is C14H17F3N2O. The molecule has 0 saturated heterocycles. The molecule has 1 aliphatic rings. The van der Waals surface area contributed by atoms with E-state index < -0.39 is 17.6 Å². The number of carbonyl (C=O) groups is 1. The van der Waals surface area contributed by atoms with Crippen molar-refractivity contribution >= 4 is 5.91 Å². The van der Waals surface area contributed by atoms with Gasteiger partial charge in [-0.3, -0.25) is 4.79 Å². The molecule has 20 heavy (non-hydrogen) atoms. The number of rotatable bonds is 3. The Hall–Kier alpha value is -1.56. The SMILES string of the molecule is CN(CC1CC(N)C1)C(=O)c1cccc(C(F)(F)F)c1. The Kier molecular flexibility index (Phi) is 4.04. The molecule has 0 heterocycles. The van der Waals surface area contributed by atoms with Gasteiger partial charge in [0.25, 0.3) is 5.91 Å². The predicted octanol–water partition coefficient (Wildman–Crippen LogP) is 2.51. The van der Waals surface area contributed by atoms with Crippen molar-refractivity contribution in [3.63, 3.8) is 0 Å². The van der Waals surface area contributed by atoms with Gasteiger partial charge in [-0.1, -0.05) is 6.07 Å². The quantitative estimate of drug-likeness (QED) is 0.928. The molecule has 0 unspecified atom stereocenters. The number of hydrogen-bond acceptors (Lipinski definition) is 2. The molecule has 1 saturated carbocycles. The second-order valence-electron chi connectivity index (χ2n) is 5.36. The van der Waals surface area contributed by atoms with Gasteiger partial charge in [0.1, 0.15) is 0 Å². The van der Waals surface area contributed by atoms with Crippen LogP contribution in [0.5, 0.6) is 0 Å². The van der Waals surface area contributed by atoms with E-state index in [1.54, 1.807) is 7.05 Å². The number of carbonyl (C=O) groups excluding carboxylic acids is 1. The van der Waals surface area contributed by atoms with Gasteiger partial charge in [-0.15, -0.1) is 0 Å². The van der Waals surface area contributed by atoms with Crippen LogP contribution in [0.25, 0.3) is 0 Å². The molecule has 1 fully saturated rings. The third-order valence-corrected chi connectivity index (χ3v) is 3.59. The van der Waals surface area contributed by atoms with Gasteiger partial charge >= 0.3 is 6.18 Å². The van der Waals surface area contributed by atoms with E-state index in [0.29, 0.717) is 12.5 Å². The molecule has 2 rings (SSSR count). The lowest BCUT2D eigenvalue weighted by atomic mass is 9.80. The van der Waals surface area contributed by atoms with Crippen LogP contribution < -0.4 is 5.73 Å². The minimum Gasteiger partial charge on any atom is -0.341 e. The van der Waals surface area contributed by atoms with Crippen molar-refractivity contribution in [3.05, 3.63) is 35.4 Å². The van der Waals surface area contributed by atoms with Gasteiger partial charge in [-0.2, -0.15) is 13.2 Å². The average Bonchev–Trinajstić information content (AvgIpc) is 2.35. The first-order valence-electron chi connectivity index (χ1n) is 6.45. The molecule has 0 radical (unpaired) electrons. The highest BCUT2D eigenvalue weighted by molar-refractivity contribution is 5.94. The van der Waals surface area contributed by atoms with Crippen LogP contribution >= 0.6 is 0 Å². The number of halogens is 3. The highest BCUT2D eigenvalue weighted by Gasteiger charge is 2.32. The number of alkyl halides is 3. The van der Waals surface area contributed by atoms with E-state index in [1.807, 2.05) is 0 Å². The smallest absolute Gasteiger partial charge is 0.341 e. The number of hydrogen-bond donors (Lipinski definition) is 1. The summed E-state index contributed by atoms with van der Waals surface area (Å²) in [5, 5.41) is 0. The van der Waals surface area contributed by atoms with Crippen molar-refractivity contribution in [2.75, 3.05) is 13.6 Å². The summed E-state index contributed by atoms with van der Waals surface area (Å²) < 4.78 is 37.8. The van der Waals surface area contributed by atoms with Gasteiger partial charge in [0.05, 0.1) is 5.56 Å². The van der Waals surface area contributed by atoms with Crippen molar-refractivity contribution in [2.24, 2.45) is 11.7 Å². The maximum atomic E-state index is 12.6. The van der Waals surface area contributed by atoms with Crippen LogP contribution in [0, 0.1) is 5.92 Å². The molecule has 0 bridgehead atoms. The Morgan fingerprint density at radius 3 is 2.60 bits per heavy atom. The molecule has 0 aromatic heterocycles. The number of amides is 1. The lowest BCUT2D eigenvalue weighted by Crippen LogP contribution is -2.43. The topological polar surface area (TPSA) is 46.3 Å². The van der Waals surface area contributed by atoms with Crippen LogP contribution in [0.1, 0.15) is 28.8 Å². The Bertz CT molecular complexity index is 495. The minimum absolute atomic E-state index is 0.0611. The second kappa shape index (κ2) is 5.44. The molecule has 110 valence electrons. The standard InChI is InChI=1S/C14H17F3N2O/c1-19(8-9-5-12(18)6-9)13(20)10-3-2-4-11(7-10)14(15,16)17/h2-4,7,9,12H,5-6,8,18H2,1H3. The fourth-order valence-electron chi connectivity index (χ4n) is 2.46. The summed E-state index contributed by atoms with van der Waals surface area (Å²) in [4.78, 5) is 13.6. The van der Waals surface area contributed by atoms with Gasteiger partial charge in [0.15, 0.2) is 0 Å². The first kappa shape index (κ1) is 14.8. The van der Waals surface area contributed by atoms with Gasteiger partial charge in [-0.05, 0) is 37.0 Å². The molecule has 0 atom stereocenters. The Morgan fingerprint density at radius 2 is 2.05 bits per heavy atom. The number of benzene rings is 1. The summed E-state index contributed by atoms with van der Waals surface area (Å²) in [7, 11) is 1.60. The van der Waals surface area contributed by atoms with Crippen LogP contribution in [-0.2, 0) is 6.18 Å². The molecule has 6 heteroatoms. The molecule has 0 aliphatic heterocycles. The molecule has 1 aromatic carbocycles. The van der Waals surface area contributed by atoms with Crippen LogP contribution in [0.4, 0.5) is 13.2 Å². The molecular weight excluding hydrogens is 269 g/mol. The monoisotopic (exact) mass is 286 g/mol. The zero-order chi connectivity index (χ0) is 14.9. The van der Waals surface area contributed by atoms with Crippen molar-refractivity contribution in [1.29, 1.82) is 0 Å². The Balaban J connectivity index is 2.05. The number of nitrogens with two attached hydrogens (primary N) is 1. The first-order valence-corrected chi connectivity index (χ1v) is 6.45. The average molecular weight is 286 g/mol. The van der Waals surface area contributed by atoms with E-state index in [1.165, 1.54) is 17.0 Å². The third kappa shape index (κ3) is 3.30.